The second kappa shape index (κ2) is 9.38. The lowest BCUT2D eigenvalue weighted by Gasteiger charge is -2.36. The number of nitrogens with zero attached hydrogens (tertiary/aromatic N) is 4. The SMILES string of the molecule is COc1ccc(Cn2nc3n(c(=O)c2=O)CCC32CCN(C)CC2)cc1.O=C(O)C(F)(F)F. The molecular weight excluding hydrogens is 445 g/mol. The maximum Gasteiger partial charge on any atom is 0.490 e. The largest absolute Gasteiger partial charge is 0.497 e. The van der Waals surface area contributed by atoms with Gasteiger partial charge in [-0.15, -0.1) is 0 Å². The summed E-state index contributed by atoms with van der Waals surface area (Å²) in [6.07, 6.45) is -2.22. The number of rotatable bonds is 3. The molecule has 180 valence electrons. The number of alkyl halides is 3. The van der Waals surface area contributed by atoms with Crippen LogP contribution in [0.3, 0.4) is 0 Å². The smallest absolute Gasteiger partial charge is 0.490 e. The summed E-state index contributed by atoms with van der Waals surface area (Å²) in [4.78, 5) is 36.3. The Hall–Kier alpha value is -3.15. The van der Waals surface area contributed by atoms with Crippen LogP contribution in [0.1, 0.15) is 30.7 Å². The van der Waals surface area contributed by atoms with E-state index in [1.54, 1.807) is 11.7 Å². The number of methoxy groups -OCH3 is 1. The molecule has 0 bridgehead atoms. The van der Waals surface area contributed by atoms with Crippen molar-refractivity contribution in [1.82, 2.24) is 19.2 Å². The monoisotopic (exact) mass is 470 g/mol. The quantitative estimate of drug-likeness (QED) is 0.677. The minimum absolute atomic E-state index is 0.0684. The number of likely N-dealkylation sites (tertiary alicyclic amines) is 1. The molecule has 1 saturated heterocycles. The number of piperidine rings is 1. The van der Waals surface area contributed by atoms with E-state index in [4.69, 9.17) is 14.6 Å². The van der Waals surface area contributed by atoms with Gasteiger partial charge in [-0.05, 0) is 57.1 Å². The Balaban J connectivity index is 0.000000383. The number of hydrogen-bond acceptors (Lipinski definition) is 6. The van der Waals surface area contributed by atoms with Gasteiger partial charge in [0.15, 0.2) is 0 Å². The summed E-state index contributed by atoms with van der Waals surface area (Å²) in [7, 11) is 3.73. The molecule has 0 unspecified atom stereocenters. The fourth-order valence-corrected chi connectivity index (χ4v) is 4.10. The highest BCUT2D eigenvalue weighted by atomic mass is 19.4. The topological polar surface area (TPSA) is 107 Å². The molecule has 0 radical (unpaired) electrons. The standard InChI is InChI=1S/C19H24N4O3.C2HF3O2/c1-21-10-7-19(8-11-21)9-12-22-16(24)17(25)23(20-18(19)22)13-14-3-5-15(26-2)6-4-14;3-2(4,5)1(6)7/h3-6H,7-13H2,1-2H3;(H,6,7). The molecule has 1 spiro atoms. The van der Waals surface area contributed by atoms with E-state index in [9.17, 15) is 22.8 Å². The second-order valence-corrected chi connectivity index (χ2v) is 8.23. The Kier molecular flexibility index (Phi) is 6.96. The number of carboxylic acid groups (broad SMARTS) is 1. The van der Waals surface area contributed by atoms with Gasteiger partial charge in [0.1, 0.15) is 11.6 Å². The lowest BCUT2D eigenvalue weighted by molar-refractivity contribution is -0.192. The minimum atomic E-state index is -5.08. The van der Waals surface area contributed by atoms with Crippen molar-refractivity contribution in [3.8, 4) is 5.75 Å². The Morgan fingerprint density at radius 1 is 1.09 bits per heavy atom. The van der Waals surface area contributed by atoms with Crippen LogP contribution in [0.5, 0.6) is 5.75 Å². The van der Waals surface area contributed by atoms with Crippen molar-refractivity contribution < 1.29 is 27.8 Å². The van der Waals surface area contributed by atoms with Gasteiger partial charge in [0.05, 0.1) is 13.7 Å². The van der Waals surface area contributed by atoms with Gasteiger partial charge in [0.2, 0.25) is 0 Å². The highest BCUT2D eigenvalue weighted by molar-refractivity contribution is 5.73. The number of carbonyl (C=O) groups is 1. The van der Waals surface area contributed by atoms with Crippen LogP contribution in [0.4, 0.5) is 13.2 Å². The molecule has 3 heterocycles. The number of aliphatic carboxylic acids is 1. The minimum Gasteiger partial charge on any atom is -0.497 e. The molecule has 2 aliphatic rings. The first-order valence-corrected chi connectivity index (χ1v) is 10.3. The third-order valence-electron chi connectivity index (χ3n) is 6.10. The third kappa shape index (κ3) is 5.27. The van der Waals surface area contributed by atoms with E-state index < -0.39 is 23.3 Å². The maximum atomic E-state index is 12.6. The first-order chi connectivity index (χ1) is 15.5. The normalized spacial score (nSPS) is 17.2. The molecule has 1 aromatic heterocycles. The second-order valence-electron chi connectivity index (χ2n) is 8.23. The van der Waals surface area contributed by atoms with E-state index in [0.29, 0.717) is 13.1 Å². The first kappa shape index (κ1) is 24.5. The van der Waals surface area contributed by atoms with E-state index in [-0.39, 0.29) is 5.41 Å². The van der Waals surface area contributed by atoms with E-state index in [1.807, 2.05) is 24.3 Å². The number of benzene rings is 1. The third-order valence-corrected chi connectivity index (χ3v) is 6.10. The van der Waals surface area contributed by atoms with Crippen molar-refractivity contribution in [2.24, 2.45) is 0 Å². The van der Waals surface area contributed by atoms with Gasteiger partial charge < -0.3 is 14.7 Å². The van der Waals surface area contributed by atoms with Crippen LogP contribution in [0.25, 0.3) is 0 Å². The van der Waals surface area contributed by atoms with Crippen molar-refractivity contribution in [3.05, 3.63) is 56.4 Å². The molecule has 2 aromatic rings. The Labute approximate surface area is 187 Å². The fourth-order valence-electron chi connectivity index (χ4n) is 4.10. The van der Waals surface area contributed by atoms with E-state index in [1.165, 1.54) is 4.68 Å². The average molecular weight is 470 g/mol. The predicted octanol–water partition coefficient (Wildman–Crippen LogP) is 1.46. The summed E-state index contributed by atoms with van der Waals surface area (Å²) in [5.41, 5.74) is -0.143. The Bertz CT molecular complexity index is 1120. The molecule has 1 fully saturated rings. The van der Waals surface area contributed by atoms with Gasteiger partial charge in [-0.1, -0.05) is 12.1 Å². The van der Waals surface area contributed by atoms with Crippen molar-refractivity contribution in [3.63, 3.8) is 0 Å². The summed E-state index contributed by atoms with van der Waals surface area (Å²) < 4.78 is 39.8. The molecule has 1 aromatic carbocycles. The molecule has 0 atom stereocenters. The Morgan fingerprint density at radius 3 is 2.15 bits per heavy atom. The van der Waals surface area contributed by atoms with Crippen LogP contribution in [-0.2, 0) is 23.3 Å². The van der Waals surface area contributed by atoms with Crippen molar-refractivity contribution in [1.29, 1.82) is 0 Å². The number of hydrogen-bond donors (Lipinski definition) is 1. The molecule has 2 aliphatic heterocycles. The lowest BCUT2D eigenvalue weighted by Crippen LogP contribution is -2.46. The van der Waals surface area contributed by atoms with Crippen LogP contribution in [-0.4, -0.2) is 63.7 Å². The molecule has 12 heteroatoms. The van der Waals surface area contributed by atoms with Crippen LogP contribution < -0.4 is 15.9 Å². The van der Waals surface area contributed by atoms with Gasteiger partial charge in [-0.3, -0.25) is 14.2 Å². The number of carboxylic acids is 1. The molecule has 1 N–H and O–H groups in total. The number of ether oxygens (including phenoxy) is 1. The van der Waals surface area contributed by atoms with Crippen LogP contribution in [0, 0.1) is 0 Å². The number of aromatic nitrogens is 3. The zero-order valence-corrected chi connectivity index (χ0v) is 18.3. The van der Waals surface area contributed by atoms with Gasteiger partial charge in [-0.25, -0.2) is 9.48 Å². The highest BCUT2D eigenvalue weighted by Gasteiger charge is 2.44. The van der Waals surface area contributed by atoms with Crippen molar-refractivity contribution in [2.75, 3.05) is 27.2 Å². The summed E-state index contributed by atoms with van der Waals surface area (Å²) in [6.45, 7) is 2.88. The fraction of sp³-hybridized carbons (Fsp3) is 0.524. The van der Waals surface area contributed by atoms with Crippen molar-refractivity contribution >= 4 is 5.97 Å². The molecule has 4 rings (SSSR count). The summed E-state index contributed by atoms with van der Waals surface area (Å²) in [6, 6.07) is 7.48. The van der Waals surface area contributed by atoms with E-state index in [2.05, 4.69) is 17.0 Å². The van der Waals surface area contributed by atoms with Gasteiger partial charge >= 0.3 is 23.3 Å². The van der Waals surface area contributed by atoms with Gasteiger partial charge in [-0.2, -0.15) is 18.3 Å². The lowest BCUT2D eigenvalue weighted by atomic mass is 9.77. The average Bonchev–Trinajstić information content (AvgIpc) is 3.12. The van der Waals surface area contributed by atoms with Crippen molar-refractivity contribution in [2.45, 2.75) is 43.9 Å². The summed E-state index contributed by atoms with van der Waals surface area (Å²) in [5.74, 6) is -1.20. The molecule has 9 nitrogen and oxygen atoms in total. The molecule has 33 heavy (non-hydrogen) atoms. The van der Waals surface area contributed by atoms with E-state index in [0.717, 1.165) is 49.5 Å². The van der Waals surface area contributed by atoms with Gasteiger partial charge in [0, 0.05) is 12.0 Å². The maximum absolute atomic E-state index is 12.6. The molecule has 0 amide bonds. The van der Waals surface area contributed by atoms with Crippen LogP contribution in [0.15, 0.2) is 33.9 Å². The number of halogens is 3. The van der Waals surface area contributed by atoms with Gasteiger partial charge in [0.25, 0.3) is 0 Å². The zero-order chi connectivity index (χ0) is 24.4. The molecule has 0 saturated carbocycles. The van der Waals surface area contributed by atoms with Crippen LogP contribution >= 0.6 is 0 Å². The number of fused-ring (bicyclic) bond motifs is 2. The highest BCUT2D eigenvalue weighted by Crippen LogP contribution is 2.40. The summed E-state index contributed by atoms with van der Waals surface area (Å²) >= 11 is 0. The first-order valence-electron chi connectivity index (χ1n) is 10.3. The zero-order valence-electron chi connectivity index (χ0n) is 18.3. The van der Waals surface area contributed by atoms with E-state index >= 15 is 0 Å². The summed E-state index contributed by atoms with van der Waals surface area (Å²) in [5, 5.41) is 11.8. The molecular formula is C21H25F3N4O5. The molecule has 0 aliphatic carbocycles. The predicted molar refractivity (Wildman–Crippen MR) is 112 cm³/mol. The Morgan fingerprint density at radius 2 is 1.64 bits per heavy atom. The van der Waals surface area contributed by atoms with Crippen LogP contribution in [0.2, 0.25) is 0 Å².